The number of amides is 1. The average molecular weight is 288 g/mol. The molecule has 0 fully saturated rings. The lowest BCUT2D eigenvalue weighted by molar-refractivity contribution is 0.0989. The van der Waals surface area contributed by atoms with Gasteiger partial charge >= 0.3 is 0 Å². The minimum Gasteiger partial charge on any atom is -0.306 e. The van der Waals surface area contributed by atoms with Crippen LogP contribution in [0.5, 0.6) is 0 Å². The van der Waals surface area contributed by atoms with Crippen LogP contribution in [0, 0.1) is 6.92 Å². The highest BCUT2D eigenvalue weighted by atomic mass is 32.1. The summed E-state index contributed by atoms with van der Waals surface area (Å²) < 4.78 is 3.87. The van der Waals surface area contributed by atoms with E-state index < -0.39 is 0 Å². The summed E-state index contributed by atoms with van der Waals surface area (Å²) in [5.41, 5.74) is 2.88. The highest BCUT2D eigenvalue weighted by Gasteiger charge is 2.26. The summed E-state index contributed by atoms with van der Waals surface area (Å²) in [5.74, 6) is 0.000231. The Kier molecular flexibility index (Phi) is 3.50. The molecule has 1 amide bonds. The third kappa shape index (κ3) is 2.32. The number of aromatic nitrogens is 2. The lowest BCUT2D eigenvalue weighted by atomic mass is 10.1. The van der Waals surface area contributed by atoms with E-state index in [2.05, 4.69) is 27.6 Å². The normalized spacial score (nSPS) is 15.8. The fourth-order valence-electron chi connectivity index (χ4n) is 2.43. The molecule has 1 aliphatic heterocycles. The standard InChI is InChI=1S/C14H16N4OS/c1-10-13(20-16-15-10)14(19)18-8-7-17(2)9-11-5-3-4-6-12(11)18/h3-6H,7-9H2,1-2H3. The SMILES string of the molecule is Cc1nnsc1C(=O)N1CCN(C)Cc2ccccc21. The molecule has 1 aromatic heterocycles. The zero-order valence-corrected chi connectivity index (χ0v) is 12.4. The molecule has 0 spiro atoms. The number of para-hydroxylation sites is 1. The van der Waals surface area contributed by atoms with Gasteiger partial charge in [0, 0.05) is 25.3 Å². The smallest absolute Gasteiger partial charge is 0.271 e. The zero-order chi connectivity index (χ0) is 14.1. The number of fused-ring (bicyclic) bond motifs is 1. The Morgan fingerprint density at radius 3 is 2.85 bits per heavy atom. The van der Waals surface area contributed by atoms with E-state index in [1.807, 2.05) is 30.0 Å². The minimum absolute atomic E-state index is 0.000231. The second kappa shape index (κ2) is 5.30. The highest BCUT2D eigenvalue weighted by molar-refractivity contribution is 7.08. The number of nitrogens with zero attached hydrogens (tertiary/aromatic N) is 4. The fourth-order valence-corrected chi connectivity index (χ4v) is 3.04. The van der Waals surface area contributed by atoms with Crippen LogP contribution in [0.2, 0.25) is 0 Å². The number of aryl methyl sites for hydroxylation is 1. The molecule has 0 bridgehead atoms. The predicted molar refractivity (Wildman–Crippen MR) is 79.1 cm³/mol. The van der Waals surface area contributed by atoms with Gasteiger partial charge in [-0.25, -0.2) is 0 Å². The van der Waals surface area contributed by atoms with Gasteiger partial charge in [0.05, 0.1) is 5.69 Å². The van der Waals surface area contributed by atoms with E-state index in [0.717, 1.165) is 18.8 Å². The molecule has 3 rings (SSSR count). The second-order valence-electron chi connectivity index (χ2n) is 5.01. The Hall–Kier alpha value is -1.79. The summed E-state index contributed by atoms with van der Waals surface area (Å²) in [6.45, 7) is 4.22. The highest BCUT2D eigenvalue weighted by Crippen LogP contribution is 2.27. The first-order chi connectivity index (χ1) is 9.66. The monoisotopic (exact) mass is 288 g/mol. The summed E-state index contributed by atoms with van der Waals surface area (Å²) in [4.78, 5) is 17.4. The van der Waals surface area contributed by atoms with Crippen LogP contribution in [-0.2, 0) is 6.54 Å². The van der Waals surface area contributed by atoms with Crippen molar-refractivity contribution < 1.29 is 4.79 Å². The van der Waals surface area contributed by atoms with Gasteiger partial charge in [0.2, 0.25) is 0 Å². The number of rotatable bonds is 1. The van der Waals surface area contributed by atoms with Gasteiger partial charge in [0.1, 0.15) is 4.88 Å². The largest absolute Gasteiger partial charge is 0.306 e. The van der Waals surface area contributed by atoms with E-state index in [4.69, 9.17) is 0 Å². The quantitative estimate of drug-likeness (QED) is 0.804. The molecule has 2 aromatic rings. The molecule has 104 valence electrons. The van der Waals surface area contributed by atoms with Gasteiger partial charge in [-0.15, -0.1) is 5.10 Å². The van der Waals surface area contributed by atoms with Crippen LogP contribution in [0.3, 0.4) is 0 Å². The zero-order valence-electron chi connectivity index (χ0n) is 11.5. The lowest BCUT2D eigenvalue weighted by Crippen LogP contribution is -2.35. The first-order valence-corrected chi connectivity index (χ1v) is 7.31. The Morgan fingerprint density at radius 1 is 1.30 bits per heavy atom. The predicted octanol–water partition coefficient (Wildman–Crippen LogP) is 1.94. The first-order valence-electron chi connectivity index (χ1n) is 6.54. The minimum atomic E-state index is 0.000231. The van der Waals surface area contributed by atoms with Gasteiger partial charge < -0.3 is 9.80 Å². The van der Waals surface area contributed by atoms with Crippen molar-refractivity contribution in [2.24, 2.45) is 0 Å². The van der Waals surface area contributed by atoms with Gasteiger partial charge in [0.15, 0.2) is 0 Å². The van der Waals surface area contributed by atoms with Crippen molar-refractivity contribution in [2.45, 2.75) is 13.5 Å². The maximum absolute atomic E-state index is 12.7. The van der Waals surface area contributed by atoms with E-state index in [0.29, 0.717) is 17.1 Å². The van der Waals surface area contributed by atoms with Crippen molar-refractivity contribution in [3.63, 3.8) is 0 Å². The molecular weight excluding hydrogens is 272 g/mol. The van der Waals surface area contributed by atoms with Crippen LogP contribution in [0.1, 0.15) is 20.9 Å². The van der Waals surface area contributed by atoms with Crippen molar-refractivity contribution >= 4 is 23.1 Å². The number of benzene rings is 1. The van der Waals surface area contributed by atoms with E-state index in [-0.39, 0.29) is 5.91 Å². The molecule has 0 aliphatic carbocycles. The number of hydrogen-bond donors (Lipinski definition) is 0. The van der Waals surface area contributed by atoms with E-state index in [9.17, 15) is 4.79 Å². The Bertz CT molecular complexity index is 640. The second-order valence-corrected chi connectivity index (χ2v) is 5.76. The molecule has 0 radical (unpaired) electrons. The topological polar surface area (TPSA) is 49.3 Å². The lowest BCUT2D eigenvalue weighted by Gasteiger charge is -2.21. The summed E-state index contributed by atoms with van der Waals surface area (Å²) in [7, 11) is 2.07. The molecule has 5 nitrogen and oxygen atoms in total. The van der Waals surface area contributed by atoms with Gasteiger partial charge in [-0.3, -0.25) is 4.79 Å². The van der Waals surface area contributed by atoms with E-state index in [1.165, 1.54) is 17.1 Å². The van der Waals surface area contributed by atoms with Gasteiger partial charge in [-0.1, -0.05) is 22.7 Å². The van der Waals surface area contributed by atoms with Crippen LogP contribution >= 0.6 is 11.5 Å². The van der Waals surface area contributed by atoms with Crippen LogP contribution in [-0.4, -0.2) is 40.5 Å². The fraction of sp³-hybridized carbons (Fsp3) is 0.357. The molecule has 0 atom stereocenters. The summed E-state index contributed by atoms with van der Waals surface area (Å²) >= 11 is 1.17. The summed E-state index contributed by atoms with van der Waals surface area (Å²) in [6, 6.07) is 8.08. The molecular formula is C14H16N4OS. The maximum atomic E-state index is 12.7. The molecule has 1 aromatic carbocycles. The Labute approximate surface area is 122 Å². The average Bonchev–Trinajstić information content (AvgIpc) is 2.78. The molecule has 0 saturated heterocycles. The summed E-state index contributed by atoms with van der Waals surface area (Å²) in [6.07, 6.45) is 0. The number of carbonyl (C=O) groups excluding carboxylic acids is 1. The van der Waals surface area contributed by atoms with Crippen molar-refractivity contribution in [3.8, 4) is 0 Å². The third-order valence-corrected chi connectivity index (χ3v) is 4.33. The van der Waals surface area contributed by atoms with E-state index >= 15 is 0 Å². The Balaban J connectivity index is 2.01. The van der Waals surface area contributed by atoms with Gasteiger partial charge in [0.25, 0.3) is 5.91 Å². The van der Waals surface area contributed by atoms with Gasteiger partial charge in [-0.05, 0) is 37.1 Å². The summed E-state index contributed by atoms with van der Waals surface area (Å²) in [5, 5.41) is 3.94. The van der Waals surface area contributed by atoms with Crippen LogP contribution < -0.4 is 4.90 Å². The number of carbonyl (C=O) groups is 1. The molecule has 0 unspecified atom stereocenters. The molecule has 2 heterocycles. The molecule has 0 saturated carbocycles. The van der Waals surface area contributed by atoms with E-state index in [1.54, 1.807) is 0 Å². The number of hydrogen-bond acceptors (Lipinski definition) is 5. The molecule has 6 heteroatoms. The van der Waals surface area contributed by atoms with Crippen molar-refractivity contribution in [3.05, 3.63) is 40.4 Å². The van der Waals surface area contributed by atoms with Gasteiger partial charge in [-0.2, -0.15) is 0 Å². The van der Waals surface area contributed by atoms with Crippen LogP contribution in [0.15, 0.2) is 24.3 Å². The van der Waals surface area contributed by atoms with Crippen molar-refractivity contribution in [1.29, 1.82) is 0 Å². The third-order valence-electron chi connectivity index (χ3n) is 3.52. The molecule has 0 N–H and O–H groups in total. The maximum Gasteiger partial charge on any atom is 0.271 e. The van der Waals surface area contributed by atoms with Crippen molar-refractivity contribution in [1.82, 2.24) is 14.5 Å². The first kappa shape index (κ1) is 13.2. The van der Waals surface area contributed by atoms with Crippen LogP contribution in [0.4, 0.5) is 5.69 Å². The van der Waals surface area contributed by atoms with Crippen molar-refractivity contribution in [2.75, 3.05) is 25.0 Å². The Morgan fingerprint density at radius 2 is 2.10 bits per heavy atom. The number of anilines is 1. The van der Waals surface area contributed by atoms with Crippen LogP contribution in [0.25, 0.3) is 0 Å². The number of likely N-dealkylation sites (N-methyl/N-ethyl adjacent to an activating group) is 1. The molecule has 20 heavy (non-hydrogen) atoms. The molecule has 1 aliphatic rings.